The van der Waals surface area contributed by atoms with E-state index >= 15 is 0 Å². The molecular weight excluding hydrogens is 152 g/mol. The number of ether oxygens (including phenoxy) is 1. The minimum atomic E-state index is 0.665. The van der Waals surface area contributed by atoms with Gasteiger partial charge in [-0.2, -0.15) is 5.10 Å². The molecule has 1 fully saturated rings. The summed E-state index contributed by atoms with van der Waals surface area (Å²) in [6.07, 6.45) is 6.31. The van der Waals surface area contributed by atoms with Crippen molar-refractivity contribution in [3.05, 3.63) is 18.5 Å². The second kappa shape index (κ2) is 3.72. The normalized spacial score (nSPS) is 24.2. The molecule has 2 rings (SSSR count). The Balaban J connectivity index is 1.86. The number of hydrogen-bond donors (Lipinski definition) is 0. The maximum atomic E-state index is 5.39. The van der Waals surface area contributed by atoms with Gasteiger partial charge in [0.15, 0.2) is 0 Å². The van der Waals surface area contributed by atoms with E-state index in [0.29, 0.717) is 5.92 Å². The van der Waals surface area contributed by atoms with Crippen molar-refractivity contribution >= 4 is 0 Å². The van der Waals surface area contributed by atoms with Gasteiger partial charge in [0.25, 0.3) is 0 Å². The summed E-state index contributed by atoms with van der Waals surface area (Å²) in [7, 11) is 0. The van der Waals surface area contributed by atoms with Crippen molar-refractivity contribution in [3.8, 4) is 0 Å². The highest BCUT2D eigenvalue weighted by atomic mass is 16.5. The van der Waals surface area contributed by atoms with Crippen molar-refractivity contribution in [1.82, 2.24) is 9.78 Å². The molecule has 0 bridgehead atoms. The van der Waals surface area contributed by atoms with Crippen molar-refractivity contribution < 1.29 is 4.74 Å². The molecule has 1 aromatic rings. The zero-order valence-electron chi connectivity index (χ0n) is 7.15. The molecule has 3 heteroatoms. The third-order valence-electron chi connectivity index (χ3n) is 2.26. The third-order valence-corrected chi connectivity index (χ3v) is 2.26. The summed E-state index contributed by atoms with van der Waals surface area (Å²) in [5.41, 5.74) is 0. The Morgan fingerprint density at radius 3 is 3.25 bits per heavy atom. The standard InChI is InChI=1S/C9H14N2O/c1-3-9(8-12-6-1)7-11-5-2-4-10-11/h2,4-5,9H,1,3,6-8H2. The van der Waals surface area contributed by atoms with Crippen LogP contribution in [0.1, 0.15) is 12.8 Å². The summed E-state index contributed by atoms with van der Waals surface area (Å²) in [6, 6.07) is 1.96. The topological polar surface area (TPSA) is 27.1 Å². The van der Waals surface area contributed by atoms with Gasteiger partial charge in [-0.1, -0.05) is 0 Å². The Hall–Kier alpha value is -0.830. The van der Waals surface area contributed by atoms with Gasteiger partial charge in [-0.25, -0.2) is 0 Å². The summed E-state index contributed by atoms with van der Waals surface area (Å²) < 4.78 is 7.38. The molecule has 0 aromatic carbocycles. The van der Waals surface area contributed by atoms with Crippen LogP contribution in [0, 0.1) is 5.92 Å². The fourth-order valence-corrected chi connectivity index (χ4v) is 1.62. The van der Waals surface area contributed by atoms with Crippen LogP contribution in [0.25, 0.3) is 0 Å². The second-order valence-corrected chi connectivity index (χ2v) is 3.31. The molecule has 0 N–H and O–H groups in total. The monoisotopic (exact) mass is 166 g/mol. The van der Waals surface area contributed by atoms with Gasteiger partial charge < -0.3 is 4.74 Å². The first-order valence-corrected chi connectivity index (χ1v) is 4.50. The first-order chi connectivity index (χ1) is 5.95. The van der Waals surface area contributed by atoms with E-state index in [-0.39, 0.29) is 0 Å². The van der Waals surface area contributed by atoms with Gasteiger partial charge in [-0.3, -0.25) is 4.68 Å². The van der Waals surface area contributed by atoms with Crippen molar-refractivity contribution in [2.24, 2.45) is 5.92 Å². The van der Waals surface area contributed by atoms with Crippen molar-refractivity contribution in [2.45, 2.75) is 19.4 Å². The molecule has 12 heavy (non-hydrogen) atoms. The van der Waals surface area contributed by atoms with E-state index in [9.17, 15) is 0 Å². The largest absolute Gasteiger partial charge is 0.381 e. The number of rotatable bonds is 2. The number of hydrogen-bond acceptors (Lipinski definition) is 2. The van der Waals surface area contributed by atoms with Crippen LogP contribution in [0.3, 0.4) is 0 Å². The fourth-order valence-electron chi connectivity index (χ4n) is 1.62. The molecule has 0 saturated carbocycles. The molecule has 1 atom stereocenters. The molecule has 2 heterocycles. The van der Waals surface area contributed by atoms with Gasteiger partial charge in [0.1, 0.15) is 0 Å². The van der Waals surface area contributed by atoms with Crippen LogP contribution in [0.2, 0.25) is 0 Å². The maximum absolute atomic E-state index is 5.39. The average Bonchev–Trinajstić information content (AvgIpc) is 2.59. The molecule has 1 saturated heterocycles. The molecule has 1 aliphatic heterocycles. The molecule has 0 radical (unpaired) electrons. The van der Waals surface area contributed by atoms with Crippen LogP contribution in [0.4, 0.5) is 0 Å². The third kappa shape index (κ3) is 1.85. The number of nitrogens with zero attached hydrogens (tertiary/aromatic N) is 2. The first-order valence-electron chi connectivity index (χ1n) is 4.50. The van der Waals surface area contributed by atoms with E-state index in [1.807, 2.05) is 23.1 Å². The summed E-state index contributed by atoms with van der Waals surface area (Å²) in [4.78, 5) is 0. The van der Waals surface area contributed by atoms with E-state index in [1.165, 1.54) is 12.8 Å². The molecule has 3 nitrogen and oxygen atoms in total. The highest BCUT2D eigenvalue weighted by molar-refractivity contribution is 4.78. The maximum Gasteiger partial charge on any atom is 0.0511 e. The molecule has 1 unspecified atom stereocenters. The highest BCUT2D eigenvalue weighted by Gasteiger charge is 2.13. The van der Waals surface area contributed by atoms with Crippen LogP contribution in [0.15, 0.2) is 18.5 Å². The lowest BCUT2D eigenvalue weighted by Crippen LogP contribution is -2.22. The van der Waals surface area contributed by atoms with Gasteiger partial charge in [-0.05, 0) is 18.9 Å². The zero-order valence-corrected chi connectivity index (χ0v) is 7.15. The highest BCUT2D eigenvalue weighted by Crippen LogP contribution is 2.14. The Labute approximate surface area is 72.3 Å². The SMILES string of the molecule is c1cnn(CC2CCCOC2)c1. The van der Waals surface area contributed by atoms with Crippen molar-refractivity contribution in [3.63, 3.8) is 0 Å². The summed E-state index contributed by atoms with van der Waals surface area (Å²) in [5, 5.41) is 4.17. The molecule has 1 aliphatic rings. The minimum absolute atomic E-state index is 0.665. The van der Waals surface area contributed by atoms with Crippen LogP contribution >= 0.6 is 0 Å². The Bertz CT molecular complexity index is 214. The molecule has 0 amide bonds. The van der Waals surface area contributed by atoms with Crippen LogP contribution in [-0.2, 0) is 11.3 Å². The smallest absolute Gasteiger partial charge is 0.0511 e. The molecule has 0 aliphatic carbocycles. The van der Waals surface area contributed by atoms with Gasteiger partial charge in [0.05, 0.1) is 6.61 Å². The van der Waals surface area contributed by atoms with Gasteiger partial charge >= 0.3 is 0 Å². The summed E-state index contributed by atoms with van der Waals surface area (Å²) in [5.74, 6) is 0.665. The van der Waals surface area contributed by atoms with Gasteiger partial charge in [0.2, 0.25) is 0 Å². The minimum Gasteiger partial charge on any atom is -0.381 e. The lowest BCUT2D eigenvalue weighted by molar-refractivity contribution is 0.0470. The molecular formula is C9H14N2O. The van der Waals surface area contributed by atoms with Crippen LogP contribution in [0.5, 0.6) is 0 Å². The Morgan fingerprint density at radius 2 is 2.58 bits per heavy atom. The lowest BCUT2D eigenvalue weighted by atomic mass is 10.0. The summed E-state index contributed by atoms with van der Waals surface area (Å²) in [6.45, 7) is 2.85. The first kappa shape index (κ1) is 7.80. The fraction of sp³-hybridized carbons (Fsp3) is 0.667. The molecule has 66 valence electrons. The van der Waals surface area contributed by atoms with Crippen molar-refractivity contribution in [1.29, 1.82) is 0 Å². The predicted octanol–water partition coefficient (Wildman–Crippen LogP) is 1.31. The Kier molecular flexibility index (Phi) is 2.42. The van der Waals surface area contributed by atoms with Gasteiger partial charge in [-0.15, -0.1) is 0 Å². The van der Waals surface area contributed by atoms with Gasteiger partial charge in [0, 0.05) is 31.5 Å². The predicted molar refractivity (Wildman–Crippen MR) is 45.8 cm³/mol. The quantitative estimate of drug-likeness (QED) is 0.662. The number of aromatic nitrogens is 2. The van der Waals surface area contributed by atoms with E-state index in [1.54, 1.807) is 0 Å². The zero-order chi connectivity index (χ0) is 8.23. The van der Waals surface area contributed by atoms with Crippen LogP contribution < -0.4 is 0 Å². The molecule has 0 spiro atoms. The van der Waals surface area contributed by atoms with Crippen molar-refractivity contribution in [2.75, 3.05) is 13.2 Å². The second-order valence-electron chi connectivity index (χ2n) is 3.31. The lowest BCUT2D eigenvalue weighted by Gasteiger charge is -2.21. The Morgan fingerprint density at radius 1 is 1.58 bits per heavy atom. The van der Waals surface area contributed by atoms with Crippen LogP contribution in [-0.4, -0.2) is 23.0 Å². The van der Waals surface area contributed by atoms with E-state index in [4.69, 9.17) is 4.74 Å². The van der Waals surface area contributed by atoms with E-state index in [0.717, 1.165) is 19.8 Å². The molecule has 1 aromatic heterocycles. The summed E-state index contributed by atoms with van der Waals surface area (Å²) >= 11 is 0. The average molecular weight is 166 g/mol. The van der Waals surface area contributed by atoms with E-state index < -0.39 is 0 Å². The van der Waals surface area contributed by atoms with E-state index in [2.05, 4.69) is 5.10 Å².